The minimum atomic E-state index is -1.89. The Balaban J connectivity index is 2.54. The van der Waals surface area contributed by atoms with Crippen LogP contribution in [0.2, 0.25) is 0 Å². The Labute approximate surface area is 229 Å². The summed E-state index contributed by atoms with van der Waals surface area (Å²) in [4.78, 5) is 11.8. The molecular formula is C30H50O8. The fourth-order valence-corrected chi connectivity index (χ4v) is 4.50. The van der Waals surface area contributed by atoms with Crippen LogP contribution < -0.4 is 4.74 Å². The van der Waals surface area contributed by atoms with Gasteiger partial charge in [0.15, 0.2) is 6.29 Å². The number of ether oxygens (including phenoxy) is 6. The van der Waals surface area contributed by atoms with Crippen molar-refractivity contribution < 1.29 is 38.3 Å². The normalized spacial score (nSPS) is 25.4. The second-order valence-corrected chi connectivity index (χ2v) is 9.88. The third kappa shape index (κ3) is 9.00. The average Bonchev–Trinajstić information content (AvgIpc) is 2.93. The van der Waals surface area contributed by atoms with Gasteiger partial charge < -0.3 is 33.5 Å². The summed E-state index contributed by atoms with van der Waals surface area (Å²) in [6, 6.07) is 4.96. The minimum absolute atomic E-state index is 0.241. The van der Waals surface area contributed by atoms with Crippen molar-refractivity contribution in [3.63, 3.8) is 0 Å². The molecule has 1 heterocycles. The molecule has 0 bridgehead atoms. The Kier molecular flexibility index (Phi) is 15.4. The van der Waals surface area contributed by atoms with E-state index in [1.807, 2.05) is 0 Å². The van der Waals surface area contributed by atoms with Crippen LogP contribution in [-0.4, -0.2) is 76.0 Å². The van der Waals surface area contributed by atoms with Crippen LogP contribution in [0.4, 0.5) is 0 Å². The van der Waals surface area contributed by atoms with Crippen molar-refractivity contribution in [3.05, 3.63) is 29.3 Å². The van der Waals surface area contributed by atoms with Crippen molar-refractivity contribution in [1.29, 1.82) is 0 Å². The Morgan fingerprint density at radius 1 is 0.868 bits per heavy atom. The van der Waals surface area contributed by atoms with Gasteiger partial charge in [-0.2, -0.15) is 0 Å². The highest BCUT2D eigenvalue weighted by Gasteiger charge is 2.57. The highest BCUT2D eigenvalue weighted by Crippen LogP contribution is 2.42. The lowest BCUT2D eigenvalue weighted by Crippen LogP contribution is -2.66. The first kappa shape index (κ1) is 32.7. The summed E-state index contributed by atoms with van der Waals surface area (Å²) < 4.78 is 37.0. The van der Waals surface area contributed by atoms with Crippen molar-refractivity contribution in [3.8, 4) is 5.75 Å². The predicted molar refractivity (Wildman–Crippen MR) is 147 cm³/mol. The number of hydrogen-bond donors (Lipinski definition) is 1. The minimum Gasteiger partial charge on any atom is -0.496 e. The smallest absolute Gasteiger partial charge is 0.222 e. The highest BCUT2D eigenvalue weighted by atomic mass is 16.7. The largest absolute Gasteiger partial charge is 0.496 e. The van der Waals surface area contributed by atoms with Crippen LogP contribution in [0.3, 0.4) is 0 Å². The van der Waals surface area contributed by atoms with Crippen LogP contribution in [0.1, 0.15) is 95.0 Å². The molecule has 0 radical (unpaired) electrons. The number of methoxy groups -OCH3 is 1. The van der Waals surface area contributed by atoms with Crippen molar-refractivity contribution in [2.75, 3.05) is 40.1 Å². The Morgan fingerprint density at radius 2 is 1.45 bits per heavy atom. The first-order chi connectivity index (χ1) is 18.5. The van der Waals surface area contributed by atoms with E-state index < -0.39 is 30.2 Å². The summed E-state index contributed by atoms with van der Waals surface area (Å²) in [7, 11) is 1.50. The molecule has 0 spiro atoms. The van der Waals surface area contributed by atoms with Crippen molar-refractivity contribution in [1.82, 2.24) is 0 Å². The van der Waals surface area contributed by atoms with Gasteiger partial charge in [-0.05, 0) is 43.9 Å². The number of aliphatic hydroxyl groups is 1. The van der Waals surface area contributed by atoms with Gasteiger partial charge in [0.25, 0.3) is 0 Å². The quantitative estimate of drug-likeness (QED) is 0.174. The third-order valence-electron chi connectivity index (χ3n) is 6.81. The lowest BCUT2D eigenvalue weighted by atomic mass is 9.86. The van der Waals surface area contributed by atoms with Gasteiger partial charge in [0.1, 0.15) is 30.2 Å². The SMILES string of the molecule is CCCCOCC1OC(O)(c2ccc(OC)c(C=O)c2)[C@H](OCCCC)C(OCCCC)[C@@H]1OCCCC. The van der Waals surface area contributed by atoms with Gasteiger partial charge >= 0.3 is 0 Å². The van der Waals surface area contributed by atoms with E-state index in [1.165, 1.54) is 7.11 Å². The molecule has 0 aliphatic carbocycles. The van der Waals surface area contributed by atoms with Gasteiger partial charge in [-0.25, -0.2) is 0 Å². The molecular weight excluding hydrogens is 488 g/mol. The molecule has 2 rings (SSSR count). The molecule has 1 aliphatic rings. The van der Waals surface area contributed by atoms with Gasteiger partial charge in [-0.1, -0.05) is 53.4 Å². The number of unbranched alkanes of at least 4 members (excludes halogenated alkanes) is 4. The maximum absolute atomic E-state index is 12.3. The van der Waals surface area contributed by atoms with Crippen LogP contribution in [0.25, 0.3) is 0 Å². The van der Waals surface area contributed by atoms with Crippen LogP contribution in [0, 0.1) is 0 Å². The van der Waals surface area contributed by atoms with E-state index in [9.17, 15) is 9.90 Å². The summed E-state index contributed by atoms with van der Waals surface area (Å²) in [5, 5.41) is 12.3. The van der Waals surface area contributed by atoms with Gasteiger partial charge in [-0.3, -0.25) is 4.79 Å². The summed E-state index contributed by atoms with van der Waals surface area (Å²) in [6.07, 6.45) is 5.57. The van der Waals surface area contributed by atoms with Gasteiger partial charge in [-0.15, -0.1) is 0 Å². The Bertz CT molecular complexity index is 788. The van der Waals surface area contributed by atoms with Gasteiger partial charge in [0.2, 0.25) is 5.79 Å². The molecule has 0 amide bonds. The van der Waals surface area contributed by atoms with E-state index in [0.29, 0.717) is 49.6 Å². The molecule has 0 aromatic heterocycles. The molecule has 1 saturated heterocycles. The number of carbonyl (C=O) groups is 1. The predicted octanol–water partition coefficient (Wildman–Crippen LogP) is 5.42. The average molecular weight is 539 g/mol. The number of aldehydes is 1. The number of rotatable bonds is 20. The summed E-state index contributed by atoms with van der Waals surface area (Å²) in [5.74, 6) is -1.47. The van der Waals surface area contributed by atoms with Crippen molar-refractivity contribution in [2.24, 2.45) is 0 Å². The molecule has 1 N–H and O–H groups in total. The fourth-order valence-electron chi connectivity index (χ4n) is 4.50. The summed E-state index contributed by atoms with van der Waals surface area (Å²) in [5.41, 5.74) is 0.714. The zero-order valence-electron chi connectivity index (χ0n) is 24.1. The molecule has 218 valence electrons. The zero-order valence-corrected chi connectivity index (χ0v) is 24.1. The maximum Gasteiger partial charge on any atom is 0.222 e. The molecule has 8 heteroatoms. The lowest BCUT2D eigenvalue weighted by Gasteiger charge is -2.50. The van der Waals surface area contributed by atoms with E-state index >= 15 is 0 Å². The molecule has 3 unspecified atom stereocenters. The summed E-state index contributed by atoms with van der Waals surface area (Å²) >= 11 is 0. The van der Waals surface area contributed by atoms with Gasteiger partial charge in [0.05, 0.1) is 19.3 Å². The molecule has 1 aromatic rings. The topological polar surface area (TPSA) is 92.7 Å². The maximum atomic E-state index is 12.3. The number of benzene rings is 1. The second-order valence-electron chi connectivity index (χ2n) is 9.88. The Hall–Kier alpha value is -1.55. The van der Waals surface area contributed by atoms with Crippen LogP contribution in [0.15, 0.2) is 18.2 Å². The van der Waals surface area contributed by atoms with Gasteiger partial charge in [0, 0.05) is 32.0 Å². The van der Waals surface area contributed by atoms with E-state index in [0.717, 1.165) is 51.4 Å². The molecule has 0 saturated carbocycles. The third-order valence-corrected chi connectivity index (χ3v) is 6.81. The number of hydrogen-bond acceptors (Lipinski definition) is 8. The highest BCUT2D eigenvalue weighted by molar-refractivity contribution is 5.79. The number of carbonyl (C=O) groups excluding carboxylic acids is 1. The van der Waals surface area contributed by atoms with Crippen LogP contribution >= 0.6 is 0 Å². The standard InChI is InChI=1S/C30H50O8/c1-6-10-16-34-22-26-27(35-17-11-7-2)28(36-18-12-8-3)29(37-19-13-9-4)30(32,38-26)24-14-15-25(33-5)23(20-24)21-31/h14-15,20-21,26-29,32H,6-13,16-19,22H2,1-5H3/t26?,27-,28?,29-,30?/m1/s1. The molecule has 8 nitrogen and oxygen atoms in total. The zero-order chi connectivity index (χ0) is 27.8. The second kappa shape index (κ2) is 17.9. The van der Waals surface area contributed by atoms with E-state index in [-0.39, 0.29) is 6.61 Å². The van der Waals surface area contributed by atoms with Crippen LogP contribution in [-0.2, 0) is 29.5 Å². The first-order valence-electron chi connectivity index (χ1n) is 14.5. The van der Waals surface area contributed by atoms with Crippen LogP contribution in [0.5, 0.6) is 5.75 Å². The van der Waals surface area contributed by atoms with E-state index in [1.54, 1.807) is 18.2 Å². The van der Waals surface area contributed by atoms with E-state index in [4.69, 9.17) is 28.4 Å². The van der Waals surface area contributed by atoms with Crippen molar-refractivity contribution in [2.45, 2.75) is 109 Å². The Morgan fingerprint density at radius 3 is 2.03 bits per heavy atom. The van der Waals surface area contributed by atoms with Crippen molar-refractivity contribution >= 4 is 6.29 Å². The molecule has 1 fully saturated rings. The summed E-state index contributed by atoms with van der Waals surface area (Å²) in [6.45, 7) is 10.7. The molecule has 1 aliphatic heterocycles. The van der Waals surface area contributed by atoms with E-state index in [2.05, 4.69) is 27.7 Å². The molecule has 5 atom stereocenters. The first-order valence-corrected chi connectivity index (χ1v) is 14.5. The molecule has 38 heavy (non-hydrogen) atoms. The lowest BCUT2D eigenvalue weighted by molar-refractivity contribution is -0.375. The molecule has 1 aromatic carbocycles. The fraction of sp³-hybridized carbons (Fsp3) is 0.767. The monoisotopic (exact) mass is 538 g/mol.